The highest BCUT2D eigenvalue weighted by Crippen LogP contribution is 2.27. The molecule has 1 amide bonds. The zero-order chi connectivity index (χ0) is 32.2. The first-order valence-electron chi connectivity index (χ1n) is 15.0. The average Bonchev–Trinajstić information content (AvgIpc) is 3.54. The van der Waals surface area contributed by atoms with E-state index in [1.54, 1.807) is 24.3 Å². The van der Waals surface area contributed by atoms with Crippen LogP contribution in [-0.2, 0) is 10.2 Å². The zero-order valence-electron chi connectivity index (χ0n) is 26.4. The summed E-state index contributed by atoms with van der Waals surface area (Å²) in [5, 5.41) is 21.3. The first-order chi connectivity index (χ1) is 21.7. The van der Waals surface area contributed by atoms with E-state index in [1.165, 1.54) is 25.6 Å². The maximum Gasteiger partial charge on any atom is 0.211 e. The molecule has 12 heteroatoms. The molecule has 2 aromatic carbocycles. The van der Waals surface area contributed by atoms with Crippen LogP contribution >= 0.6 is 0 Å². The Hall–Kier alpha value is -4.97. The van der Waals surface area contributed by atoms with E-state index >= 15 is 0 Å². The molecule has 2 aromatic heterocycles. The first-order valence-corrected chi connectivity index (χ1v) is 15.0. The van der Waals surface area contributed by atoms with Crippen molar-refractivity contribution in [3.63, 3.8) is 0 Å². The lowest BCUT2D eigenvalue weighted by molar-refractivity contribution is -0.105. The standard InChI is InChI=1S/C25H29N7O2.C8H14N2O/c26-23(18-4-10-21(11-5-18)34-15-14-32-12-2-1-3-13-32)22-24(27)28-16-29-25(22)31-20-8-6-19(7-9-20)30-17-33;1-8(2,3)6-5-7(9-4)10-11-6/h4-11,16-17,26H,1-3,12-15H2,(H,30,33)(H3,27,28,29,31);5H,1-4H3,(H,9,10). The van der Waals surface area contributed by atoms with Crippen LogP contribution in [0.5, 0.6) is 5.75 Å². The highest BCUT2D eigenvalue weighted by Gasteiger charge is 2.19. The minimum Gasteiger partial charge on any atom is -0.492 e. The van der Waals surface area contributed by atoms with Crippen molar-refractivity contribution in [3.05, 3.63) is 77.8 Å². The smallest absolute Gasteiger partial charge is 0.211 e. The lowest BCUT2D eigenvalue weighted by Crippen LogP contribution is -2.33. The fraction of sp³-hybridized carbons (Fsp3) is 0.364. The number of carbonyl (C=O) groups excluding carboxylic acids is 1. The summed E-state index contributed by atoms with van der Waals surface area (Å²) in [6.07, 6.45) is 5.84. The Morgan fingerprint density at radius 3 is 2.33 bits per heavy atom. The van der Waals surface area contributed by atoms with Crippen molar-refractivity contribution in [2.24, 2.45) is 0 Å². The topological polar surface area (TPSA) is 167 Å². The predicted octanol–water partition coefficient (Wildman–Crippen LogP) is 5.67. The van der Waals surface area contributed by atoms with Gasteiger partial charge in [-0.2, -0.15) is 0 Å². The van der Waals surface area contributed by atoms with Gasteiger partial charge < -0.3 is 30.9 Å². The molecule has 45 heavy (non-hydrogen) atoms. The number of carbonyl (C=O) groups is 1. The van der Waals surface area contributed by atoms with Gasteiger partial charge in [0.05, 0.1) is 11.3 Å². The molecule has 0 aliphatic carbocycles. The molecule has 1 aliphatic rings. The molecule has 12 nitrogen and oxygen atoms in total. The van der Waals surface area contributed by atoms with Crippen LogP contribution in [0.15, 0.2) is 65.4 Å². The van der Waals surface area contributed by atoms with Crippen molar-refractivity contribution in [2.45, 2.75) is 45.4 Å². The molecule has 1 fully saturated rings. The number of nitrogens with one attached hydrogen (secondary N) is 4. The summed E-state index contributed by atoms with van der Waals surface area (Å²) in [5.41, 5.74) is 8.89. The number of nitrogen functional groups attached to an aromatic ring is 1. The molecule has 1 saturated heterocycles. The molecule has 5 rings (SSSR count). The van der Waals surface area contributed by atoms with E-state index in [0.717, 1.165) is 42.6 Å². The Morgan fingerprint density at radius 1 is 1.04 bits per heavy atom. The average molecular weight is 614 g/mol. The van der Waals surface area contributed by atoms with Crippen molar-refractivity contribution >= 4 is 41.0 Å². The molecular weight excluding hydrogens is 570 g/mol. The van der Waals surface area contributed by atoms with Crippen LogP contribution in [0, 0.1) is 5.41 Å². The summed E-state index contributed by atoms with van der Waals surface area (Å²) in [6, 6.07) is 16.5. The number of likely N-dealkylation sites (tertiary alicyclic amines) is 1. The quantitative estimate of drug-likeness (QED) is 0.105. The molecule has 0 unspecified atom stereocenters. The molecule has 0 saturated carbocycles. The molecule has 1 aliphatic heterocycles. The highest BCUT2D eigenvalue weighted by molar-refractivity contribution is 6.16. The number of hydrogen-bond donors (Lipinski definition) is 5. The van der Waals surface area contributed by atoms with Gasteiger partial charge in [0.25, 0.3) is 0 Å². The van der Waals surface area contributed by atoms with Crippen molar-refractivity contribution in [3.8, 4) is 5.75 Å². The maximum absolute atomic E-state index is 10.6. The Labute approximate surface area is 264 Å². The maximum atomic E-state index is 10.6. The minimum atomic E-state index is 0.0437. The third-order valence-corrected chi connectivity index (χ3v) is 7.27. The normalized spacial score (nSPS) is 13.2. The van der Waals surface area contributed by atoms with E-state index < -0.39 is 0 Å². The van der Waals surface area contributed by atoms with Crippen molar-refractivity contribution in [1.29, 1.82) is 5.41 Å². The van der Waals surface area contributed by atoms with Gasteiger partial charge in [-0.15, -0.1) is 0 Å². The second-order valence-electron chi connectivity index (χ2n) is 11.7. The van der Waals surface area contributed by atoms with Crippen LogP contribution in [0.2, 0.25) is 0 Å². The van der Waals surface area contributed by atoms with Crippen LogP contribution < -0.4 is 26.4 Å². The van der Waals surface area contributed by atoms with Gasteiger partial charge in [0.2, 0.25) is 6.41 Å². The molecule has 0 bridgehead atoms. The van der Waals surface area contributed by atoms with E-state index in [9.17, 15) is 4.79 Å². The molecule has 0 radical (unpaired) electrons. The number of benzene rings is 2. The van der Waals surface area contributed by atoms with Gasteiger partial charge in [-0.05, 0) is 74.5 Å². The van der Waals surface area contributed by atoms with E-state index in [2.05, 4.69) is 56.7 Å². The number of amides is 1. The van der Waals surface area contributed by atoms with Crippen molar-refractivity contribution < 1.29 is 14.1 Å². The monoisotopic (exact) mass is 613 g/mol. The van der Waals surface area contributed by atoms with Gasteiger partial charge in [0, 0.05) is 42.0 Å². The van der Waals surface area contributed by atoms with Crippen LogP contribution in [0.1, 0.15) is 56.9 Å². The zero-order valence-corrected chi connectivity index (χ0v) is 26.4. The van der Waals surface area contributed by atoms with Crippen LogP contribution in [0.25, 0.3) is 0 Å². The lowest BCUT2D eigenvalue weighted by atomic mass is 9.93. The summed E-state index contributed by atoms with van der Waals surface area (Å²) >= 11 is 0. The molecule has 4 aromatic rings. The number of anilines is 5. The van der Waals surface area contributed by atoms with Gasteiger partial charge >= 0.3 is 0 Å². The second-order valence-corrected chi connectivity index (χ2v) is 11.7. The Bertz CT molecular complexity index is 1520. The minimum absolute atomic E-state index is 0.0437. The van der Waals surface area contributed by atoms with E-state index in [0.29, 0.717) is 35.6 Å². The number of nitrogens with two attached hydrogens (primary N) is 1. The number of nitrogens with zero attached hydrogens (tertiary/aromatic N) is 4. The van der Waals surface area contributed by atoms with Gasteiger partial charge in [-0.3, -0.25) is 15.1 Å². The number of ether oxygens (including phenoxy) is 1. The molecular formula is C33H43N9O3. The molecule has 238 valence electrons. The summed E-state index contributed by atoms with van der Waals surface area (Å²) in [4.78, 5) is 21.4. The summed E-state index contributed by atoms with van der Waals surface area (Å²) in [6.45, 7) is 10.1. The summed E-state index contributed by atoms with van der Waals surface area (Å²) < 4.78 is 11.0. The van der Waals surface area contributed by atoms with Gasteiger partial charge in [-0.1, -0.05) is 32.3 Å². The summed E-state index contributed by atoms with van der Waals surface area (Å²) in [7, 11) is 1.82. The van der Waals surface area contributed by atoms with Gasteiger partial charge in [0.1, 0.15) is 36.1 Å². The molecule has 0 spiro atoms. The number of rotatable bonds is 11. The van der Waals surface area contributed by atoms with Gasteiger partial charge in [-0.25, -0.2) is 9.97 Å². The number of piperidine rings is 1. The van der Waals surface area contributed by atoms with Crippen molar-refractivity contribution in [1.82, 2.24) is 20.0 Å². The Morgan fingerprint density at radius 2 is 1.73 bits per heavy atom. The van der Waals surface area contributed by atoms with Crippen LogP contribution in [0.4, 0.5) is 28.8 Å². The lowest BCUT2D eigenvalue weighted by Gasteiger charge is -2.26. The van der Waals surface area contributed by atoms with E-state index in [1.807, 2.05) is 37.4 Å². The number of hydrogen-bond acceptors (Lipinski definition) is 11. The number of aromatic nitrogens is 3. The third-order valence-electron chi connectivity index (χ3n) is 7.27. The second kappa shape index (κ2) is 15.7. The Balaban J connectivity index is 0.000000354. The van der Waals surface area contributed by atoms with Crippen LogP contribution in [0.3, 0.4) is 0 Å². The van der Waals surface area contributed by atoms with Crippen LogP contribution in [-0.4, -0.2) is 65.4 Å². The van der Waals surface area contributed by atoms with E-state index in [4.69, 9.17) is 20.4 Å². The molecule has 6 N–H and O–H groups in total. The predicted molar refractivity (Wildman–Crippen MR) is 179 cm³/mol. The highest BCUT2D eigenvalue weighted by atomic mass is 16.5. The first kappa shape index (κ1) is 32.9. The molecule has 3 heterocycles. The molecule has 0 atom stereocenters. The summed E-state index contributed by atoms with van der Waals surface area (Å²) in [5.74, 6) is 3.10. The fourth-order valence-corrected chi connectivity index (χ4v) is 4.68. The Kier molecular flexibility index (Phi) is 11.5. The SMILES string of the molecule is CNc1cc(C(C)(C)C)on1.N=C(c1ccc(OCCN2CCCCC2)cc1)c1c(N)ncnc1Nc1ccc(NC=O)cc1. The van der Waals surface area contributed by atoms with Crippen molar-refractivity contribution in [2.75, 3.05) is 55.0 Å². The largest absolute Gasteiger partial charge is 0.492 e. The third kappa shape index (κ3) is 9.51. The van der Waals surface area contributed by atoms with Gasteiger partial charge in [0.15, 0.2) is 5.82 Å². The fourth-order valence-electron chi connectivity index (χ4n) is 4.68. The van der Waals surface area contributed by atoms with E-state index in [-0.39, 0.29) is 16.9 Å².